The van der Waals surface area contributed by atoms with Crippen LogP contribution in [0.5, 0.6) is 5.75 Å². The van der Waals surface area contributed by atoms with Crippen LogP contribution in [0.25, 0.3) is 0 Å². The molecule has 0 saturated heterocycles. The average Bonchev–Trinajstić information content (AvgIpc) is 2.48. The molecule has 0 unspecified atom stereocenters. The Balaban J connectivity index is 2.10. The van der Waals surface area contributed by atoms with Crippen LogP contribution in [0.3, 0.4) is 0 Å². The lowest BCUT2D eigenvalue weighted by molar-refractivity contribution is 0.244. The maximum absolute atomic E-state index is 12.3. The molecule has 2 atom stereocenters. The van der Waals surface area contributed by atoms with Gasteiger partial charge in [0.15, 0.2) is 9.84 Å². The number of benzene rings is 1. The number of sulfone groups is 1. The second-order valence-electron chi connectivity index (χ2n) is 6.01. The molecule has 2 amide bonds. The number of hydrogen-bond donors (Lipinski definition) is 2. The number of aryl methyl sites for hydroxylation is 1. The monoisotopic (exact) mass is 340 g/mol. The van der Waals surface area contributed by atoms with Gasteiger partial charge in [-0.05, 0) is 31.4 Å². The zero-order valence-corrected chi connectivity index (χ0v) is 14.6. The smallest absolute Gasteiger partial charge is 0.319 e. The van der Waals surface area contributed by atoms with Gasteiger partial charge in [-0.25, -0.2) is 13.2 Å². The standard InChI is InChI=1S/C16H24N2O4S/c1-11-7-6-9-13(22-2)15(11)18-16(19)17-12-8-4-5-10-14(12)23(3,20)21/h6-7,9,12,14H,4-5,8,10H2,1-3H3,(H2,17,18,19)/t12-,14-/m1/s1. The van der Waals surface area contributed by atoms with Gasteiger partial charge in [0, 0.05) is 12.3 Å². The Morgan fingerprint density at radius 1 is 1.26 bits per heavy atom. The van der Waals surface area contributed by atoms with Crippen molar-refractivity contribution in [2.75, 3.05) is 18.7 Å². The molecule has 0 radical (unpaired) electrons. The number of anilines is 1. The minimum Gasteiger partial charge on any atom is -0.495 e. The highest BCUT2D eigenvalue weighted by Crippen LogP contribution is 2.28. The van der Waals surface area contributed by atoms with E-state index in [1.807, 2.05) is 19.1 Å². The summed E-state index contributed by atoms with van der Waals surface area (Å²) < 4.78 is 29.1. The fourth-order valence-electron chi connectivity index (χ4n) is 3.06. The summed E-state index contributed by atoms with van der Waals surface area (Å²) in [6.07, 6.45) is 4.31. The first-order chi connectivity index (χ1) is 10.8. The minimum absolute atomic E-state index is 0.353. The Morgan fingerprint density at radius 3 is 2.61 bits per heavy atom. The van der Waals surface area contributed by atoms with Crippen LogP contribution in [0, 0.1) is 6.92 Å². The van der Waals surface area contributed by atoms with E-state index in [-0.39, 0.29) is 6.04 Å². The molecule has 1 aromatic rings. The Hall–Kier alpha value is -1.76. The molecule has 1 fully saturated rings. The number of urea groups is 1. The van der Waals surface area contributed by atoms with Crippen molar-refractivity contribution in [1.29, 1.82) is 0 Å². The van der Waals surface area contributed by atoms with E-state index < -0.39 is 21.1 Å². The predicted octanol–water partition coefficient (Wildman–Crippen LogP) is 2.48. The van der Waals surface area contributed by atoms with Gasteiger partial charge in [0.25, 0.3) is 0 Å². The summed E-state index contributed by atoms with van der Waals surface area (Å²) in [4.78, 5) is 12.3. The van der Waals surface area contributed by atoms with Crippen molar-refractivity contribution in [2.45, 2.75) is 43.9 Å². The van der Waals surface area contributed by atoms with Gasteiger partial charge in [0.05, 0.1) is 18.0 Å². The molecule has 7 heteroatoms. The largest absolute Gasteiger partial charge is 0.495 e. The number of hydrogen-bond acceptors (Lipinski definition) is 4. The molecule has 2 N–H and O–H groups in total. The molecule has 2 rings (SSSR count). The minimum atomic E-state index is -3.18. The number of rotatable bonds is 4. The molecule has 1 saturated carbocycles. The summed E-state index contributed by atoms with van der Waals surface area (Å²) in [6.45, 7) is 1.87. The molecule has 0 bridgehead atoms. The summed E-state index contributed by atoms with van der Waals surface area (Å²) in [5.41, 5.74) is 1.47. The highest BCUT2D eigenvalue weighted by atomic mass is 32.2. The van der Waals surface area contributed by atoms with Crippen LogP contribution in [-0.4, -0.2) is 39.1 Å². The van der Waals surface area contributed by atoms with Crippen LogP contribution in [0.2, 0.25) is 0 Å². The molecule has 0 aliphatic heterocycles. The van der Waals surface area contributed by atoms with Crippen LogP contribution in [-0.2, 0) is 9.84 Å². The molecule has 1 aliphatic rings. The van der Waals surface area contributed by atoms with Crippen LogP contribution in [0.1, 0.15) is 31.2 Å². The van der Waals surface area contributed by atoms with Gasteiger partial charge in [0.2, 0.25) is 0 Å². The predicted molar refractivity (Wildman–Crippen MR) is 90.8 cm³/mol. The number of para-hydroxylation sites is 1. The van der Waals surface area contributed by atoms with Gasteiger partial charge >= 0.3 is 6.03 Å². The van der Waals surface area contributed by atoms with E-state index in [9.17, 15) is 13.2 Å². The quantitative estimate of drug-likeness (QED) is 0.882. The van der Waals surface area contributed by atoms with Crippen molar-refractivity contribution in [3.63, 3.8) is 0 Å². The Labute approximate surface area is 137 Å². The number of methoxy groups -OCH3 is 1. The molecule has 0 aromatic heterocycles. The summed E-state index contributed by atoms with van der Waals surface area (Å²) in [5, 5.41) is 5.08. The second kappa shape index (κ2) is 7.21. The Kier molecular flexibility index (Phi) is 5.51. The van der Waals surface area contributed by atoms with Crippen LogP contribution in [0.15, 0.2) is 18.2 Å². The third-order valence-corrected chi connectivity index (χ3v) is 5.93. The van der Waals surface area contributed by atoms with E-state index in [0.29, 0.717) is 24.3 Å². The van der Waals surface area contributed by atoms with E-state index >= 15 is 0 Å². The van der Waals surface area contributed by atoms with Gasteiger partial charge in [-0.15, -0.1) is 0 Å². The Morgan fingerprint density at radius 2 is 1.96 bits per heavy atom. The van der Waals surface area contributed by atoms with Crippen LogP contribution >= 0.6 is 0 Å². The topological polar surface area (TPSA) is 84.5 Å². The molecule has 1 aliphatic carbocycles. The summed E-state index contributed by atoms with van der Waals surface area (Å²) in [6, 6.07) is 4.73. The molecular formula is C16H24N2O4S. The van der Waals surface area contributed by atoms with Gasteiger partial charge < -0.3 is 15.4 Å². The second-order valence-corrected chi connectivity index (χ2v) is 8.27. The first-order valence-corrected chi connectivity index (χ1v) is 9.68. The molecule has 23 heavy (non-hydrogen) atoms. The van der Waals surface area contributed by atoms with Crippen LogP contribution in [0.4, 0.5) is 10.5 Å². The third kappa shape index (κ3) is 4.37. The van der Waals surface area contributed by atoms with Crippen molar-refractivity contribution in [2.24, 2.45) is 0 Å². The van der Waals surface area contributed by atoms with E-state index in [1.165, 1.54) is 6.26 Å². The maximum atomic E-state index is 12.3. The van der Waals surface area contributed by atoms with Gasteiger partial charge in [-0.1, -0.05) is 25.0 Å². The molecule has 1 aromatic carbocycles. The van der Waals surface area contributed by atoms with Crippen molar-refractivity contribution in [3.8, 4) is 5.75 Å². The van der Waals surface area contributed by atoms with E-state index in [4.69, 9.17) is 4.74 Å². The zero-order chi connectivity index (χ0) is 17.0. The Bertz CT molecular complexity index is 673. The van der Waals surface area contributed by atoms with Gasteiger partial charge in [-0.2, -0.15) is 0 Å². The molecular weight excluding hydrogens is 316 g/mol. The number of nitrogens with one attached hydrogen (secondary N) is 2. The van der Waals surface area contributed by atoms with Gasteiger partial charge in [0.1, 0.15) is 5.75 Å². The van der Waals surface area contributed by atoms with Crippen molar-refractivity contribution in [3.05, 3.63) is 23.8 Å². The maximum Gasteiger partial charge on any atom is 0.319 e. The van der Waals surface area contributed by atoms with E-state index in [1.54, 1.807) is 13.2 Å². The molecule has 6 nitrogen and oxygen atoms in total. The van der Waals surface area contributed by atoms with Gasteiger partial charge in [-0.3, -0.25) is 0 Å². The van der Waals surface area contributed by atoms with Crippen molar-refractivity contribution < 1.29 is 17.9 Å². The number of carbonyl (C=O) groups is 1. The summed E-state index contributed by atoms with van der Waals surface area (Å²) in [7, 11) is -1.64. The summed E-state index contributed by atoms with van der Waals surface area (Å²) in [5.74, 6) is 0.573. The number of carbonyl (C=O) groups excluding carboxylic acids is 1. The summed E-state index contributed by atoms with van der Waals surface area (Å²) >= 11 is 0. The average molecular weight is 340 g/mol. The van der Waals surface area contributed by atoms with Crippen LogP contribution < -0.4 is 15.4 Å². The van der Waals surface area contributed by atoms with Crippen molar-refractivity contribution >= 4 is 21.6 Å². The fraction of sp³-hybridized carbons (Fsp3) is 0.562. The van der Waals surface area contributed by atoms with E-state index in [0.717, 1.165) is 18.4 Å². The van der Waals surface area contributed by atoms with Crippen molar-refractivity contribution in [1.82, 2.24) is 5.32 Å². The molecule has 128 valence electrons. The third-order valence-electron chi connectivity index (χ3n) is 4.26. The first kappa shape index (κ1) is 17.6. The number of ether oxygens (including phenoxy) is 1. The lowest BCUT2D eigenvalue weighted by Gasteiger charge is -2.31. The normalized spacial score (nSPS) is 21.5. The fourth-order valence-corrected chi connectivity index (χ4v) is 4.46. The lowest BCUT2D eigenvalue weighted by Crippen LogP contribution is -2.49. The molecule has 0 heterocycles. The number of amides is 2. The van der Waals surface area contributed by atoms with E-state index in [2.05, 4.69) is 10.6 Å². The SMILES string of the molecule is COc1cccc(C)c1NC(=O)N[C@@H]1CCCC[C@H]1S(C)(=O)=O. The molecule has 0 spiro atoms. The zero-order valence-electron chi connectivity index (χ0n) is 13.8. The highest BCUT2D eigenvalue weighted by Gasteiger charge is 2.33. The first-order valence-electron chi connectivity index (χ1n) is 7.73. The lowest BCUT2D eigenvalue weighted by atomic mass is 9.95. The highest BCUT2D eigenvalue weighted by molar-refractivity contribution is 7.91.